The molecule has 12 nitrogen and oxygen atoms in total. The molecule has 4 N–H and O–H groups in total. The van der Waals surface area contributed by atoms with Crippen LogP contribution in [-0.2, 0) is 19.3 Å². The van der Waals surface area contributed by atoms with Gasteiger partial charge in [-0.05, 0) is 12.1 Å². The second kappa shape index (κ2) is 7.57. The molecule has 0 unspecified atom stereocenters. The zero-order valence-corrected chi connectivity index (χ0v) is 13.2. The van der Waals surface area contributed by atoms with Crippen LogP contribution in [0.15, 0.2) is 24.3 Å². The van der Waals surface area contributed by atoms with Crippen molar-refractivity contribution in [1.82, 2.24) is 0 Å². The van der Waals surface area contributed by atoms with E-state index in [2.05, 4.69) is 4.18 Å². The van der Waals surface area contributed by atoms with Gasteiger partial charge in [0.25, 0.3) is 5.69 Å². The van der Waals surface area contributed by atoms with E-state index in [-0.39, 0.29) is 11.4 Å². The number of nitrogens with zero attached hydrogens (tertiary/aromatic N) is 1. The van der Waals surface area contributed by atoms with Crippen LogP contribution in [-0.4, -0.2) is 70.5 Å². The highest BCUT2D eigenvalue weighted by Gasteiger charge is 2.45. The number of nitro benzene ring substituents is 1. The third-order valence-electron chi connectivity index (χ3n) is 3.35. The van der Waals surface area contributed by atoms with Crippen LogP contribution in [0.5, 0.6) is 5.75 Å². The molecule has 1 heterocycles. The lowest BCUT2D eigenvalue weighted by Crippen LogP contribution is -2.60. The first kappa shape index (κ1) is 19.5. The van der Waals surface area contributed by atoms with E-state index in [0.29, 0.717) is 0 Å². The van der Waals surface area contributed by atoms with E-state index in [4.69, 9.17) is 14.0 Å². The van der Waals surface area contributed by atoms with Gasteiger partial charge in [-0.15, -0.1) is 0 Å². The smallest absolute Gasteiger partial charge is 0.397 e. The third-order valence-corrected chi connectivity index (χ3v) is 3.78. The molecule has 0 aromatic heterocycles. The molecule has 1 fully saturated rings. The quantitative estimate of drug-likeness (QED) is 0.258. The van der Waals surface area contributed by atoms with Crippen molar-refractivity contribution in [2.24, 2.45) is 0 Å². The molecule has 1 aromatic carbocycles. The Hall–Kier alpha value is -1.87. The number of non-ortho nitro benzene ring substituents is 1. The van der Waals surface area contributed by atoms with Crippen LogP contribution in [0.3, 0.4) is 0 Å². The molecule has 0 spiro atoms. The zero-order chi connectivity index (χ0) is 18.8. The van der Waals surface area contributed by atoms with Crippen molar-refractivity contribution in [2.75, 3.05) is 6.61 Å². The van der Waals surface area contributed by atoms with Crippen LogP contribution in [0.2, 0.25) is 0 Å². The number of nitro groups is 1. The summed E-state index contributed by atoms with van der Waals surface area (Å²) >= 11 is 0. The first-order chi connectivity index (χ1) is 11.6. The van der Waals surface area contributed by atoms with Crippen molar-refractivity contribution < 1.29 is 46.9 Å². The fourth-order valence-electron chi connectivity index (χ4n) is 2.09. The van der Waals surface area contributed by atoms with Crippen LogP contribution >= 0.6 is 0 Å². The first-order valence-electron chi connectivity index (χ1n) is 6.81. The maximum Gasteiger partial charge on any atom is 0.397 e. The molecule has 140 valence electrons. The van der Waals surface area contributed by atoms with Gasteiger partial charge in [0.05, 0.1) is 11.5 Å². The molecule has 0 bridgehead atoms. The van der Waals surface area contributed by atoms with Crippen LogP contribution in [0.4, 0.5) is 5.69 Å². The predicted molar refractivity (Wildman–Crippen MR) is 77.9 cm³/mol. The Morgan fingerprint density at radius 2 is 1.72 bits per heavy atom. The third kappa shape index (κ3) is 5.05. The van der Waals surface area contributed by atoms with Gasteiger partial charge >= 0.3 is 10.4 Å². The monoisotopic (exact) mass is 381 g/mol. The lowest BCUT2D eigenvalue weighted by atomic mass is 9.99. The van der Waals surface area contributed by atoms with Crippen molar-refractivity contribution in [3.05, 3.63) is 34.4 Å². The molecule has 0 amide bonds. The van der Waals surface area contributed by atoms with Crippen molar-refractivity contribution in [1.29, 1.82) is 0 Å². The number of benzene rings is 1. The Morgan fingerprint density at radius 1 is 1.12 bits per heavy atom. The molecule has 2 rings (SSSR count). The van der Waals surface area contributed by atoms with Crippen LogP contribution < -0.4 is 4.74 Å². The summed E-state index contributed by atoms with van der Waals surface area (Å²) in [5.74, 6) is 0.0488. The standard InChI is InChI=1S/C12H15NO11S/c14-9-8(5-22-25(19,20)21)24-12(11(16)10(9)15)23-7-3-1-6(2-4-7)13(17)18/h1-4,8-12,14-16H,5H2,(H,19,20,21)/t8-,9-,10+,11+,12+/m1/s1. The summed E-state index contributed by atoms with van der Waals surface area (Å²) in [7, 11) is -4.81. The Labute approximate surface area is 141 Å². The molecule has 0 aliphatic carbocycles. The van der Waals surface area contributed by atoms with Gasteiger partial charge in [0.2, 0.25) is 6.29 Å². The molecular weight excluding hydrogens is 366 g/mol. The minimum Gasteiger partial charge on any atom is -0.462 e. The Morgan fingerprint density at radius 3 is 2.24 bits per heavy atom. The molecule has 13 heteroatoms. The van der Waals surface area contributed by atoms with Gasteiger partial charge in [0.1, 0.15) is 30.2 Å². The van der Waals surface area contributed by atoms with E-state index in [1.54, 1.807) is 0 Å². The van der Waals surface area contributed by atoms with Crippen LogP contribution in [0, 0.1) is 10.1 Å². The summed E-state index contributed by atoms with van der Waals surface area (Å²) in [5.41, 5.74) is -0.202. The topological polar surface area (TPSA) is 186 Å². The van der Waals surface area contributed by atoms with Crippen LogP contribution in [0.1, 0.15) is 0 Å². The summed E-state index contributed by atoms with van der Waals surface area (Å²) in [6.45, 7) is -0.843. The number of hydrogen-bond donors (Lipinski definition) is 4. The molecule has 1 aliphatic heterocycles. The van der Waals surface area contributed by atoms with Gasteiger partial charge in [-0.25, -0.2) is 4.18 Å². The molecule has 1 aromatic rings. The van der Waals surface area contributed by atoms with Crippen molar-refractivity contribution in [3.8, 4) is 5.75 Å². The van der Waals surface area contributed by atoms with Gasteiger partial charge in [-0.1, -0.05) is 0 Å². The fraction of sp³-hybridized carbons (Fsp3) is 0.500. The Bertz CT molecular complexity index is 706. The van der Waals surface area contributed by atoms with E-state index in [1.807, 2.05) is 0 Å². The molecule has 0 saturated carbocycles. The highest BCUT2D eigenvalue weighted by Crippen LogP contribution is 2.26. The maximum atomic E-state index is 10.6. The van der Waals surface area contributed by atoms with Gasteiger partial charge < -0.3 is 24.8 Å². The first-order valence-corrected chi connectivity index (χ1v) is 8.17. The molecule has 25 heavy (non-hydrogen) atoms. The van der Waals surface area contributed by atoms with E-state index >= 15 is 0 Å². The van der Waals surface area contributed by atoms with Gasteiger partial charge in [-0.3, -0.25) is 14.7 Å². The largest absolute Gasteiger partial charge is 0.462 e. The van der Waals surface area contributed by atoms with Gasteiger partial charge in [0.15, 0.2) is 0 Å². The summed E-state index contributed by atoms with van der Waals surface area (Å²) in [4.78, 5) is 9.96. The van der Waals surface area contributed by atoms with Crippen LogP contribution in [0.25, 0.3) is 0 Å². The number of hydrogen-bond acceptors (Lipinski definition) is 10. The number of rotatable bonds is 6. The minimum absolute atomic E-state index is 0.0488. The van der Waals surface area contributed by atoms with Gasteiger partial charge in [-0.2, -0.15) is 8.42 Å². The predicted octanol–water partition coefficient (Wildman–Crippen LogP) is -1.40. The minimum atomic E-state index is -4.81. The number of ether oxygens (including phenoxy) is 2. The lowest BCUT2D eigenvalue weighted by Gasteiger charge is -2.39. The van der Waals surface area contributed by atoms with E-state index < -0.39 is 52.6 Å². The van der Waals surface area contributed by atoms with Crippen molar-refractivity contribution in [3.63, 3.8) is 0 Å². The Balaban J connectivity index is 2.08. The fourth-order valence-corrected chi connectivity index (χ4v) is 2.39. The van der Waals surface area contributed by atoms with E-state index in [9.17, 15) is 33.9 Å². The molecule has 1 saturated heterocycles. The van der Waals surface area contributed by atoms with E-state index in [0.717, 1.165) is 12.1 Å². The summed E-state index contributed by atoms with van der Waals surface area (Å²) < 4.78 is 44.2. The normalized spacial score (nSPS) is 30.0. The Kier molecular flexibility index (Phi) is 5.89. The lowest BCUT2D eigenvalue weighted by molar-refractivity contribution is -0.384. The summed E-state index contributed by atoms with van der Waals surface area (Å²) in [6, 6.07) is 4.70. The average Bonchev–Trinajstić information content (AvgIpc) is 2.54. The number of aliphatic hydroxyl groups excluding tert-OH is 3. The highest BCUT2D eigenvalue weighted by molar-refractivity contribution is 7.80. The molecule has 1 aliphatic rings. The highest BCUT2D eigenvalue weighted by atomic mass is 32.3. The van der Waals surface area contributed by atoms with Gasteiger partial charge in [0, 0.05) is 12.1 Å². The maximum absolute atomic E-state index is 10.6. The molecular formula is C12H15NO11S. The number of aliphatic hydroxyl groups is 3. The van der Waals surface area contributed by atoms with Crippen molar-refractivity contribution >= 4 is 16.1 Å². The zero-order valence-electron chi connectivity index (χ0n) is 12.4. The summed E-state index contributed by atoms with van der Waals surface area (Å²) in [5, 5.41) is 40.0. The molecule has 5 atom stereocenters. The van der Waals surface area contributed by atoms with E-state index in [1.165, 1.54) is 12.1 Å². The average molecular weight is 381 g/mol. The van der Waals surface area contributed by atoms with Crippen molar-refractivity contribution in [2.45, 2.75) is 30.7 Å². The summed E-state index contributed by atoms with van der Waals surface area (Å²) in [6.07, 6.45) is -8.15. The second-order valence-corrected chi connectivity index (χ2v) is 6.19. The second-order valence-electron chi connectivity index (χ2n) is 5.10. The SMILES string of the molecule is O=[N+]([O-])c1ccc(O[C@H]2O[C@H](COS(=O)(=O)O)[C@@H](O)[C@H](O)[C@@H]2O)cc1. The molecule has 0 radical (unpaired) electrons.